The molecule has 5 heteroatoms. The summed E-state index contributed by atoms with van der Waals surface area (Å²) >= 11 is 1.57. The maximum Gasteiger partial charge on any atom is 0.226 e. The summed E-state index contributed by atoms with van der Waals surface area (Å²) in [5, 5.41) is 6.28. The van der Waals surface area contributed by atoms with Crippen molar-refractivity contribution in [3.63, 3.8) is 0 Å². The summed E-state index contributed by atoms with van der Waals surface area (Å²) in [5.74, 6) is 0.169. The highest BCUT2D eigenvalue weighted by atomic mass is 32.1. The lowest BCUT2D eigenvalue weighted by molar-refractivity contribution is -0.131. The largest absolute Gasteiger partial charge is 0.351 e. The Hall–Kier alpha value is -0.940. The molecule has 4 nitrogen and oxygen atoms in total. The zero-order valence-corrected chi connectivity index (χ0v) is 10.3. The fourth-order valence-corrected chi connectivity index (χ4v) is 2.45. The Labute approximate surface area is 99.5 Å². The molecule has 1 aromatic rings. The van der Waals surface area contributed by atoms with Crippen molar-refractivity contribution in [2.24, 2.45) is 5.41 Å². The van der Waals surface area contributed by atoms with E-state index in [2.05, 4.69) is 22.5 Å². The fraction of sp³-hybridized carbons (Fsp3) is 0.636. The highest BCUT2D eigenvalue weighted by Gasteiger charge is 2.34. The first-order valence-corrected chi connectivity index (χ1v) is 6.45. The highest BCUT2D eigenvalue weighted by molar-refractivity contribution is 7.09. The number of piperidine rings is 1. The van der Waals surface area contributed by atoms with Crippen LogP contribution in [0.2, 0.25) is 0 Å². The van der Waals surface area contributed by atoms with Crippen LogP contribution in [0.1, 0.15) is 24.6 Å². The normalized spacial score (nSPS) is 19.3. The Kier molecular flexibility index (Phi) is 3.56. The third-order valence-electron chi connectivity index (χ3n) is 3.16. The molecule has 0 aromatic carbocycles. The van der Waals surface area contributed by atoms with E-state index in [-0.39, 0.29) is 11.3 Å². The van der Waals surface area contributed by atoms with E-state index in [0.717, 1.165) is 30.8 Å². The van der Waals surface area contributed by atoms with E-state index >= 15 is 0 Å². The number of thiazole rings is 1. The summed E-state index contributed by atoms with van der Waals surface area (Å²) in [6, 6.07) is 0. The third-order valence-corrected chi connectivity index (χ3v) is 3.94. The van der Waals surface area contributed by atoms with E-state index in [9.17, 15) is 4.79 Å². The van der Waals surface area contributed by atoms with Crippen molar-refractivity contribution in [2.75, 3.05) is 13.1 Å². The van der Waals surface area contributed by atoms with Gasteiger partial charge in [0.05, 0.1) is 12.1 Å². The minimum absolute atomic E-state index is 0.169. The molecule has 0 atom stereocenters. The quantitative estimate of drug-likeness (QED) is 0.832. The lowest BCUT2D eigenvalue weighted by atomic mass is 9.80. The van der Waals surface area contributed by atoms with Crippen molar-refractivity contribution in [2.45, 2.75) is 26.3 Å². The molecule has 0 aliphatic carbocycles. The molecule has 1 aliphatic heterocycles. The van der Waals surface area contributed by atoms with Crippen LogP contribution >= 0.6 is 11.3 Å². The molecule has 0 bridgehead atoms. The SMILES string of the molecule is CC1(C(=O)NCc2cncs2)CCNCC1. The maximum absolute atomic E-state index is 12.1. The molecule has 0 saturated carbocycles. The Bertz CT molecular complexity index is 344. The predicted octanol–water partition coefficient (Wildman–Crippen LogP) is 1.15. The molecule has 1 aliphatic rings. The summed E-state index contributed by atoms with van der Waals surface area (Å²) in [6.07, 6.45) is 3.64. The molecule has 16 heavy (non-hydrogen) atoms. The van der Waals surface area contributed by atoms with Crippen LogP contribution in [-0.2, 0) is 11.3 Å². The van der Waals surface area contributed by atoms with E-state index < -0.39 is 0 Å². The minimum atomic E-state index is -0.198. The van der Waals surface area contributed by atoms with E-state index in [1.165, 1.54) is 0 Å². The van der Waals surface area contributed by atoms with Crippen LogP contribution in [0.25, 0.3) is 0 Å². The number of nitrogens with zero attached hydrogens (tertiary/aromatic N) is 1. The molecule has 1 saturated heterocycles. The summed E-state index contributed by atoms with van der Waals surface area (Å²) < 4.78 is 0. The Morgan fingerprint density at radius 1 is 1.62 bits per heavy atom. The molecule has 1 amide bonds. The molecule has 2 N–H and O–H groups in total. The fourth-order valence-electron chi connectivity index (χ4n) is 1.92. The Morgan fingerprint density at radius 3 is 3.00 bits per heavy atom. The van der Waals surface area contributed by atoms with Crippen molar-refractivity contribution >= 4 is 17.2 Å². The number of hydrogen-bond donors (Lipinski definition) is 2. The summed E-state index contributed by atoms with van der Waals surface area (Å²) in [4.78, 5) is 17.2. The van der Waals surface area contributed by atoms with Gasteiger partial charge in [0.15, 0.2) is 0 Å². The van der Waals surface area contributed by atoms with Crippen LogP contribution < -0.4 is 10.6 Å². The first kappa shape index (κ1) is 11.5. The number of aromatic nitrogens is 1. The van der Waals surface area contributed by atoms with E-state index in [0.29, 0.717) is 6.54 Å². The van der Waals surface area contributed by atoms with Gasteiger partial charge in [0.25, 0.3) is 0 Å². The first-order chi connectivity index (χ1) is 7.71. The topological polar surface area (TPSA) is 54.0 Å². The van der Waals surface area contributed by atoms with Crippen LogP contribution in [0.15, 0.2) is 11.7 Å². The monoisotopic (exact) mass is 239 g/mol. The number of amides is 1. The predicted molar refractivity (Wildman–Crippen MR) is 64.2 cm³/mol. The van der Waals surface area contributed by atoms with Gasteiger partial charge in [0.2, 0.25) is 5.91 Å². The van der Waals surface area contributed by atoms with Crippen molar-refractivity contribution in [3.8, 4) is 0 Å². The van der Waals surface area contributed by atoms with Gasteiger partial charge in [-0.1, -0.05) is 6.92 Å². The van der Waals surface area contributed by atoms with Crippen LogP contribution in [0.3, 0.4) is 0 Å². The van der Waals surface area contributed by atoms with Crippen LogP contribution in [0, 0.1) is 5.41 Å². The second-order valence-electron chi connectivity index (χ2n) is 4.46. The van der Waals surface area contributed by atoms with Gasteiger partial charge >= 0.3 is 0 Å². The molecule has 0 radical (unpaired) electrons. The molecule has 0 spiro atoms. The van der Waals surface area contributed by atoms with E-state index in [1.807, 2.05) is 0 Å². The number of rotatable bonds is 3. The molecule has 2 rings (SSSR count). The second kappa shape index (κ2) is 4.93. The molecule has 1 fully saturated rings. The molecule has 88 valence electrons. The minimum Gasteiger partial charge on any atom is -0.351 e. The number of carbonyl (C=O) groups is 1. The Morgan fingerprint density at radius 2 is 2.38 bits per heavy atom. The smallest absolute Gasteiger partial charge is 0.226 e. The van der Waals surface area contributed by atoms with Crippen molar-refractivity contribution < 1.29 is 4.79 Å². The molecule has 0 unspecified atom stereocenters. The third kappa shape index (κ3) is 2.59. The lowest BCUT2D eigenvalue weighted by Crippen LogP contribution is -2.45. The number of nitrogens with one attached hydrogen (secondary N) is 2. The van der Waals surface area contributed by atoms with Gasteiger partial charge in [0, 0.05) is 16.5 Å². The zero-order chi connectivity index (χ0) is 11.4. The van der Waals surface area contributed by atoms with Crippen LogP contribution in [0.4, 0.5) is 0 Å². The van der Waals surface area contributed by atoms with Gasteiger partial charge in [0.1, 0.15) is 0 Å². The van der Waals surface area contributed by atoms with Crippen LogP contribution in [0.5, 0.6) is 0 Å². The van der Waals surface area contributed by atoms with E-state index in [4.69, 9.17) is 0 Å². The van der Waals surface area contributed by atoms with Crippen molar-refractivity contribution in [1.82, 2.24) is 15.6 Å². The van der Waals surface area contributed by atoms with Gasteiger partial charge in [-0.3, -0.25) is 9.78 Å². The highest BCUT2D eigenvalue weighted by Crippen LogP contribution is 2.28. The van der Waals surface area contributed by atoms with Gasteiger partial charge in [-0.25, -0.2) is 0 Å². The standard InChI is InChI=1S/C11H17N3OS/c1-11(2-4-12-5-3-11)10(15)14-7-9-6-13-8-16-9/h6,8,12H,2-5,7H2,1H3,(H,14,15). The van der Waals surface area contributed by atoms with Crippen molar-refractivity contribution in [1.29, 1.82) is 0 Å². The lowest BCUT2D eigenvalue weighted by Gasteiger charge is -2.32. The molecule has 2 heterocycles. The molecule has 1 aromatic heterocycles. The molecular formula is C11H17N3OS. The number of hydrogen-bond acceptors (Lipinski definition) is 4. The van der Waals surface area contributed by atoms with Gasteiger partial charge < -0.3 is 10.6 Å². The van der Waals surface area contributed by atoms with Gasteiger partial charge in [-0.15, -0.1) is 11.3 Å². The van der Waals surface area contributed by atoms with Gasteiger partial charge in [-0.2, -0.15) is 0 Å². The van der Waals surface area contributed by atoms with E-state index in [1.54, 1.807) is 23.0 Å². The number of carbonyl (C=O) groups excluding carboxylic acids is 1. The molecular weight excluding hydrogens is 222 g/mol. The Balaban J connectivity index is 1.87. The first-order valence-electron chi connectivity index (χ1n) is 5.57. The maximum atomic E-state index is 12.1. The van der Waals surface area contributed by atoms with Crippen molar-refractivity contribution in [3.05, 3.63) is 16.6 Å². The summed E-state index contributed by atoms with van der Waals surface area (Å²) in [5.41, 5.74) is 1.59. The summed E-state index contributed by atoms with van der Waals surface area (Å²) in [6.45, 7) is 4.53. The average Bonchev–Trinajstić information content (AvgIpc) is 2.79. The van der Waals surface area contributed by atoms with Crippen LogP contribution in [-0.4, -0.2) is 24.0 Å². The second-order valence-corrected chi connectivity index (χ2v) is 5.43. The van der Waals surface area contributed by atoms with Gasteiger partial charge in [-0.05, 0) is 25.9 Å². The summed E-state index contributed by atoms with van der Waals surface area (Å²) in [7, 11) is 0. The zero-order valence-electron chi connectivity index (χ0n) is 9.45. The average molecular weight is 239 g/mol.